The molecule has 0 bridgehead atoms. The van der Waals surface area contributed by atoms with Crippen LogP contribution in [0.4, 0.5) is 18.9 Å². The van der Waals surface area contributed by atoms with E-state index in [1.165, 1.54) is 23.5 Å². The fourth-order valence-electron chi connectivity index (χ4n) is 1.89. The van der Waals surface area contributed by atoms with Gasteiger partial charge in [0, 0.05) is 5.69 Å². The van der Waals surface area contributed by atoms with Crippen LogP contribution in [-0.4, -0.2) is 26.1 Å². The molecule has 1 amide bonds. The molecular weight excluding hydrogens is 343 g/mol. The SMILES string of the molecule is O=C(Cn1nnc(-c2cccs2)n1)Nc1ccc(C(F)(F)F)cc1. The first-order chi connectivity index (χ1) is 11.4. The number of nitrogens with one attached hydrogen (secondary N) is 1. The van der Waals surface area contributed by atoms with E-state index in [1.54, 1.807) is 0 Å². The smallest absolute Gasteiger partial charge is 0.324 e. The zero-order chi connectivity index (χ0) is 17.2. The third-order valence-electron chi connectivity index (χ3n) is 2.98. The van der Waals surface area contributed by atoms with Gasteiger partial charge in [-0.3, -0.25) is 4.79 Å². The van der Waals surface area contributed by atoms with E-state index >= 15 is 0 Å². The molecule has 1 aromatic carbocycles. The van der Waals surface area contributed by atoms with Crippen molar-refractivity contribution >= 4 is 22.9 Å². The molecule has 3 rings (SSSR count). The maximum atomic E-state index is 12.5. The highest BCUT2D eigenvalue weighted by Crippen LogP contribution is 2.29. The molecule has 124 valence electrons. The molecular formula is C14H10F3N5OS. The summed E-state index contributed by atoms with van der Waals surface area (Å²) in [4.78, 5) is 13.8. The number of anilines is 1. The Kier molecular flexibility index (Phi) is 4.30. The van der Waals surface area contributed by atoms with Gasteiger partial charge in [-0.05, 0) is 40.9 Å². The predicted molar refractivity (Wildman–Crippen MR) is 81.2 cm³/mol. The Morgan fingerprint density at radius 2 is 1.96 bits per heavy atom. The van der Waals surface area contributed by atoms with Crippen molar-refractivity contribution in [2.24, 2.45) is 0 Å². The number of hydrogen-bond donors (Lipinski definition) is 1. The second-order valence-electron chi connectivity index (χ2n) is 4.74. The van der Waals surface area contributed by atoms with E-state index in [1.807, 2.05) is 17.5 Å². The van der Waals surface area contributed by atoms with Crippen LogP contribution in [-0.2, 0) is 17.5 Å². The lowest BCUT2D eigenvalue weighted by molar-refractivity contribution is -0.137. The van der Waals surface area contributed by atoms with E-state index in [4.69, 9.17) is 0 Å². The molecule has 0 atom stereocenters. The molecule has 0 aliphatic carbocycles. The molecule has 0 unspecified atom stereocenters. The summed E-state index contributed by atoms with van der Waals surface area (Å²) in [7, 11) is 0. The second kappa shape index (κ2) is 6.40. The standard InChI is InChI=1S/C14H10F3N5OS/c15-14(16,17)9-3-5-10(6-4-9)18-12(23)8-22-20-13(19-21-22)11-2-1-7-24-11/h1-7H,8H2,(H,18,23). The van der Waals surface area contributed by atoms with Crippen molar-refractivity contribution < 1.29 is 18.0 Å². The van der Waals surface area contributed by atoms with E-state index in [-0.39, 0.29) is 12.2 Å². The largest absolute Gasteiger partial charge is 0.416 e. The zero-order valence-corrected chi connectivity index (χ0v) is 12.8. The van der Waals surface area contributed by atoms with Crippen molar-refractivity contribution in [3.8, 4) is 10.7 Å². The van der Waals surface area contributed by atoms with Crippen molar-refractivity contribution in [2.75, 3.05) is 5.32 Å². The summed E-state index contributed by atoms with van der Waals surface area (Å²) >= 11 is 1.44. The van der Waals surface area contributed by atoms with Crippen LogP contribution in [0.1, 0.15) is 5.56 Å². The van der Waals surface area contributed by atoms with Gasteiger partial charge < -0.3 is 5.32 Å². The summed E-state index contributed by atoms with van der Waals surface area (Å²) in [5, 5.41) is 16.0. The van der Waals surface area contributed by atoms with Gasteiger partial charge in [0.15, 0.2) is 0 Å². The van der Waals surface area contributed by atoms with Crippen molar-refractivity contribution in [2.45, 2.75) is 12.7 Å². The fourth-order valence-corrected chi connectivity index (χ4v) is 2.53. The summed E-state index contributed by atoms with van der Waals surface area (Å²) in [5.41, 5.74) is -0.523. The molecule has 1 N–H and O–H groups in total. The van der Waals surface area contributed by atoms with Gasteiger partial charge in [-0.15, -0.1) is 21.5 Å². The van der Waals surface area contributed by atoms with E-state index < -0.39 is 17.6 Å². The Labute approximate surface area is 137 Å². The molecule has 10 heteroatoms. The Hall–Kier alpha value is -2.75. The average molecular weight is 353 g/mol. The topological polar surface area (TPSA) is 72.7 Å². The Bertz CT molecular complexity index is 827. The van der Waals surface area contributed by atoms with Gasteiger partial charge in [-0.25, -0.2) is 0 Å². The number of amides is 1. The van der Waals surface area contributed by atoms with Crippen molar-refractivity contribution in [3.05, 3.63) is 47.3 Å². The van der Waals surface area contributed by atoms with E-state index in [9.17, 15) is 18.0 Å². The summed E-state index contributed by atoms with van der Waals surface area (Å²) in [6.45, 7) is -0.195. The quantitative estimate of drug-likeness (QED) is 0.782. The van der Waals surface area contributed by atoms with Gasteiger partial charge in [0.1, 0.15) is 6.54 Å². The van der Waals surface area contributed by atoms with Gasteiger partial charge in [0.05, 0.1) is 10.4 Å². The number of benzene rings is 1. The van der Waals surface area contributed by atoms with E-state index in [0.29, 0.717) is 5.82 Å². The van der Waals surface area contributed by atoms with Crippen LogP contribution in [0.2, 0.25) is 0 Å². The molecule has 2 heterocycles. The van der Waals surface area contributed by atoms with Crippen molar-refractivity contribution in [1.82, 2.24) is 20.2 Å². The number of rotatable bonds is 4. The molecule has 6 nitrogen and oxygen atoms in total. The summed E-state index contributed by atoms with van der Waals surface area (Å²) in [6, 6.07) is 7.85. The van der Waals surface area contributed by atoms with Gasteiger partial charge in [0.25, 0.3) is 0 Å². The van der Waals surface area contributed by atoms with Crippen LogP contribution < -0.4 is 5.32 Å². The first-order valence-corrected chi connectivity index (χ1v) is 7.58. The Morgan fingerprint density at radius 1 is 1.21 bits per heavy atom. The number of alkyl halides is 3. The zero-order valence-electron chi connectivity index (χ0n) is 12.0. The van der Waals surface area contributed by atoms with Crippen molar-refractivity contribution in [3.63, 3.8) is 0 Å². The molecule has 0 radical (unpaired) electrons. The minimum Gasteiger partial charge on any atom is -0.324 e. The predicted octanol–water partition coefficient (Wildman–Crippen LogP) is 3.06. The molecule has 0 spiro atoms. The molecule has 0 fully saturated rings. The third-order valence-corrected chi connectivity index (χ3v) is 3.84. The minimum atomic E-state index is -4.41. The summed E-state index contributed by atoms with van der Waals surface area (Å²) in [6.07, 6.45) is -4.41. The van der Waals surface area contributed by atoms with Crippen LogP contribution in [0.5, 0.6) is 0 Å². The van der Waals surface area contributed by atoms with Crippen molar-refractivity contribution in [1.29, 1.82) is 0 Å². The number of carbonyl (C=O) groups excluding carboxylic acids is 1. The fraction of sp³-hybridized carbons (Fsp3) is 0.143. The maximum absolute atomic E-state index is 12.5. The third kappa shape index (κ3) is 3.77. The van der Waals surface area contributed by atoms with Gasteiger partial charge in [-0.1, -0.05) is 6.07 Å². The number of tetrazole rings is 1. The normalized spacial score (nSPS) is 11.5. The van der Waals surface area contributed by atoms with E-state index in [0.717, 1.165) is 21.8 Å². The van der Waals surface area contributed by atoms with Crippen LogP contribution in [0.3, 0.4) is 0 Å². The summed E-state index contributed by atoms with van der Waals surface area (Å²) in [5.74, 6) is -0.0581. The first kappa shape index (κ1) is 16.1. The van der Waals surface area contributed by atoms with Gasteiger partial charge in [-0.2, -0.15) is 18.0 Å². The number of hydrogen-bond acceptors (Lipinski definition) is 5. The Morgan fingerprint density at radius 3 is 2.58 bits per heavy atom. The molecule has 0 aliphatic rings. The molecule has 3 aromatic rings. The Balaban J connectivity index is 1.62. The number of thiophene rings is 1. The lowest BCUT2D eigenvalue weighted by atomic mass is 10.2. The van der Waals surface area contributed by atoms with E-state index in [2.05, 4.69) is 20.7 Å². The van der Waals surface area contributed by atoms with Crippen LogP contribution >= 0.6 is 11.3 Å². The highest BCUT2D eigenvalue weighted by atomic mass is 32.1. The van der Waals surface area contributed by atoms with Gasteiger partial charge >= 0.3 is 6.18 Å². The minimum absolute atomic E-state index is 0.195. The number of carbonyl (C=O) groups is 1. The average Bonchev–Trinajstić information content (AvgIpc) is 3.17. The highest BCUT2D eigenvalue weighted by Gasteiger charge is 2.29. The number of halogens is 3. The lowest BCUT2D eigenvalue weighted by Gasteiger charge is -2.08. The maximum Gasteiger partial charge on any atom is 0.416 e. The number of nitrogens with zero attached hydrogens (tertiary/aromatic N) is 4. The molecule has 24 heavy (non-hydrogen) atoms. The van der Waals surface area contributed by atoms with Crippen LogP contribution in [0.25, 0.3) is 10.7 Å². The van der Waals surface area contributed by atoms with Gasteiger partial charge in [0.2, 0.25) is 11.7 Å². The number of aromatic nitrogens is 4. The highest BCUT2D eigenvalue weighted by molar-refractivity contribution is 7.13. The first-order valence-electron chi connectivity index (χ1n) is 6.70. The van der Waals surface area contributed by atoms with Crippen LogP contribution in [0, 0.1) is 0 Å². The summed E-state index contributed by atoms with van der Waals surface area (Å²) < 4.78 is 37.4. The molecule has 0 aliphatic heterocycles. The lowest BCUT2D eigenvalue weighted by Crippen LogP contribution is -2.20. The monoisotopic (exact) mass is 353 g/mol. The molecule has 2 aromatic heterocycles. The molecule has 0 saturated heterocycles. The van der Waals surface area contributed by atoms with Crippen LogP contribution in [0.15, 0.2) is 41.8 Å². The molecule has 0 saturated carbocycles. The second-order valence-corrected chi connectivity index (χ2v) is 5.69.